The van der Waals surface area contributed by atoms with Gasteiger partial charge in [0, 0.05) is 6.42 Å². The number of carbonyl (C=O) groups is 1. The van der Waals surface area contributed by atoms with E-state index in [1.54, 1.807) is 0 Å². The molecule has 1 amide bonds. The molecule has 3 N–H and O–H groups in total. The van der Waals surface area contributed by atoms with Crippen LogP contribution in [0.3, 0.4) is 0 Å². The number of thiocarbonyl (C=S) groups is 1. The fourth-order valence-corrected chi connectivity index (χ4v) is 3.42. The van der Waals surface area contributed by atoms with E-state index in [2.05, 4.69) is 22.9 Å². The first-order chi connectivity index (χ1) is 15.1. The number of amides is 1. The summed E-state index contributed by atoms with van der Waals surface area (Å²) in [5, 5.41) is 19.3. The number of anilines is 1. The van der Waals surface area contributed by atoms with E-state index in [-0.39, 0.29) is 28.8 Å². The Balaban J connectivity index is 2.64. The lowest BCUT2D eigenvalue weighted by Crippen LogP contribution is -2.56. The van der Waals surface area contributed by atoms with Crippen molar-refractivity contribution in [1.82, 2.24) is 10.6 Å². The Morgan fingerprint density at radius 2 is 1.78 bits per heavy atom. The van der Waals surface area contributed by atoms with Crippen molar-refractivity contribution >= 4 is 69.4 Å². The molecule has 0 saturated carbocycles. The number of nitrogens with one attached hydrogen (secondary N) is 3. The van der Waals surface area contributed by atoms with Gasteiger partial charge >= 0.3 is 0 Å². The van der Waals surface area contributed by atoms with Gasteiger partial charge in [-0.3, -0.25) is 14.9 Å². The average molecular weight is 528 g/mol. The Morgan fingerprint density at radius 3 is 2.34 bits per heavy atom. The number of unbranched alkanes of at least 4 members (excludes halogenated alkanes) is 6. The highest BCUT2D eigenvalue weighted by Gasteiger charge is 2.34. The van der Waals surface area contributed by atoms with E-state index in [1.807, 2.05) is 0 Å². The van der Waals surface area contributed by atoms with E-state index in [0.29, 0.717) is 5.75 Å². The summed E-state index contributed by atoms with van der Waals surface area (Å²) in [7, 11) is 1.40. The minimum Gasteiger partial charge on any atom is -0.496 e. The first-order valence-electron chi connectivity index (χ1n) is 10.3. The van der Waals surface area contributed by atoms with Crippen molar-refractivity contribution in [3.63, 3.8) is 0 Å². The summed E-state index contributed by atoms with van der Waals surface area (Å²) in [5.41, 5.74) is -0.132. The van der Waals surface area contributed by atoms with Gasteiger partial charge in [0.25, 0.3) is 5.69 Å². The second-order valence-electron chi connectivity index (χ2n) is 7.15. The maximum Gasteiger partial charge on any atom is 0.296 e. The van der Waals surface area contributed by atoms with Crippen LogP contribution < -0.4 is 20.7 Å². The predicted molar refractivity (Wildman–Crippen MR) is 134 cm³/mol. The smallest absolute Gasteiger partial charge is 0.296 e. The predicted octanol–water partition coefficient (Wildman–Crippen LogP) is 5.84. The summed E-state index contributed by atoms with van der Waals surface area (Å²) >= 11 is 23.2. The SMILES string of the molecule is CCCCCCCCCC(=O)NC(NC(=S)Nc1ccc(OC)cc1[N+](=O)[O-])C(Cl)(Cl)Cl. The number of methoxy groups -OCH3 is 1. The van der Waals surface area contributed by atoms with Gasteiger partial charge in [0.15, 0.2) is 5.11 Å². The first kappa shape index (κ1) is 28.5. The molecule has 0 saturated heterocycles. The van der Waals surface area contributed by atoms with Crippen LogP contribution in [0.4, 0.5) is 11.4 Å². The molecule has 0 aromatic heterocycles. The summed E-state index contributed by atoms with van der Waals surface area (Å²) in [6.45, 7) is 2.17. The first-order valence-corrected chi connectivity index (χ1v) is 11.9. The zero-order chi connectivity index (χ0) is 24.1. The van der Waals surface area contributed by atoms with Crippen LogP contribution in [0, 0.1) is 10.1 Å². The van der Waals surface area contributed by atoms with Crippen LogP contribution in [0.2, 0.25) is 0 Å². The highest BCUT2D eigenvalue weighted by molar-refractivity contribution is 7.80. The molecule has 0 spiro atoms. The van der Waals surface area contributed by atoms with E-state index < -0.39 is 14.9 Å². The third kappa shape index (κ3) is 10.8. The standard InChI is InChI=1S/C20H29Cl3N4O4S/c1-3-4-5-6-7-8-9-10-17(28)25-18(20(21,22)23)26-19(32)24-15-12-11-14(31-2)13-16(15)27(29)30/h11-13,18H,3-10H2,1-2H3,(H,25,28)(H2,24,26,32). The average Bonchev–Trinajstić information content (AvgIpc) is 2.72. The van der Waals surface area contributed by atoms with Crippen LogP contribution in [-0.4, -0.2) is 33.0 Å². The third-order valence-electron chi connectivity index (χ3n) is 4.57. The number of hydrogen-bond donors (Lipinski definition) is 3. The Kier molecular flexibility index (Phi) is 13.0. The van der Waals surface area contributed by atoms with E-state index in [4.69, 9.17) is 51.8 Å². The van der Waals surface area contributed by atoms with Crippen LogP contribution in [0.25, 0.3) is 0 Å². The van der Waals surface area contributed by atoms with Crippen LogP contribution >= 0.6 is 47.0 Å². The van der Waals surface area contributed by atoms with Crippen molar-refractivity contribution < 1.29 is 14.5 Å². The number of benzene rings is 1. The summed E-state index contributed by atoms with van der Waals surface area (Å²) < 4.78 is 3.09. The number of halogens is 3. The van der Waals surface area contributed by atoms with E-state index in [9.17, 15) is 14.9 Å². The number of rotatable bonds is 13. The molecule has 0 fully saturated rings. The van der Waals surface area contributed by atoms with Crippen LogP contribution in [0.5, 0.6) is 5.75 Å². The molecule has 0 bridgehead atoms. The second kappa shape index (κ2) is 14.6. The maximum absolute atomic E-state index is 12.3. The van der Waals surface area contributed by atoms with Gasteiger partial charge in [0.05, 0.1) is 18.1 Å². The lowest BCUT2D eigenvalue weighted by molar-refractivity contribution is -0.384. The maximum atomic E-state index is 12.3. The minimum atomic E-state index is -1.91. The zero-order valence-electron chi connectivity index (χ0n) is 18.1. The minimum absolute atomic E-state index is 0.0641. The number of hydrogen-bond acceptors (Lipinski definition) is 5. The molecule has 1 aromatic carbocycles. The quantitative estimate of drug-likeness (QED) is 0.0738. The number of nitro groups is 1. The van der Waals surface area contributed by atoms with Gasteiger partial charge in [-0.15, -0.1) is 0 Å². The molecule has 0 aliphatic rings. The topological polar surface area (TPSA) is 106 Å². The monoisotopic (exact) mass is 526 g/mol. The molecule has 1 aromatic rings. The lowest BCUT2D eigenvalue weighted by atomic mass is 10.1. The fourth-order valence-electron chi connectivity index (χ4n) is 2.86. The van der Waals surface area contributed by atoms with Crippen molar-refractivity contribution in [2.24, 2.45) is 0 Å². The Bertz CT molecular complexity index is 778. The largest absolute Gasteiger partial charge is 0.496 e. The number of alkyl halides is 3. The molecular weight excluding hydrogens is 499 g/mol. The lowest BCUT2D eigenvalue weighted by Gasteiger charge is -2.27. The molecule has 1 atom stereocenters. The highest BCUT2D eigenvalue weighted by atomic mass is 35.6. The molecule has 0 radical (unpaired) electrons. The number of ether oxygens (including phenoxy) is 1. The molecule has 0 aliphatic carbocycles. The van der Waals surface area contributed by atoms with E-state index in [0.717, 1.165) is 25.7 Å². The Labute approximate surface area is 208 Å². The fraction of sp³-hybridized carbons (Fsp3) is 0.600. The molecular formula is C20H29Cl3N4O4S. The molecule has 32 heavy (non-hydrogen) atoms. The van der Waals surface area contributed by atoms with Gasteiger partial charge in [-0.1, -0.05) is 80.3 Å². The molecule has 8 nitrogen and oxygen atoms in total. The number of nitrogens with zero attached hydrogens (tertiary/aromatic N) is 1. The Hall–Kier alpha value is -1.55. The molecule has 1 unspecified atom stereocenters. The van der Waals surface area contributed by atoms with Gasteiger partial charge in [0.2, 0.25) is 9.70 Å². The second-order valence-corrected chi connectivity index (χ2v) is 9.93. The summed E-state index contributed by atoms with van der Waals surface area (Å²) in [5.74, 6) is 0.0264. The van der Waals surface area contributed by atoms with E-state index in [1.165, 1.54) is 44.6 Å². The van der Waals surface area contributed by atoms with Crippen LogP contribution in [0.15, 0.2) is 18.2 Å². The van der Waals surface area contributed by atoms with Crippen molar-refractivity contribution in [2.75, 3.05) is 12.4 Å². The number of carbonyl (C=O) groups excluding carboxylic acids is 1. The molecule has 0 aliphatic heterocycles. The summed E-state index contributed by atoms with van der Waals surface area (Å²) in [6, 6.07) is 4.23. The highest BCUT2D eigenvalue weighted by Crippen LogP contribution is 2.31. The zero-order valence-corrected chi connectivity index (χ0v) is 21.2. The van der Waals surface area contributed by atoms with Gasteiger partial charge in [-0.2, -0.15) is 0 Å². The van der Waals surface area contributed by atoms with Crippen molar-refractivity contribution in [2.45, 2.75) is 68.2 Å². The van der Waals surface area contributed by atoms with Crippen LogP contribution in [0.1, 0.15) is 58.3 Å². The van der Waals surface area contributed by atoms with Crippen molar-refractivity contribution in [3.8, 4) is 5.75 Å². The van der Waals surface area contributed by atoms with Gasteiger partial charge in [0.1, 0.15) is 17.6 Å². The number of nitro benzene ring substituents is 1. The van der Waals surface area contributed by atoms with Crippen molar-refractivity contribution in [3.05, 3.63) is 28.3 Å². The molecule has 12 heteroatoms. The molecule has 180 valence electrons. The van der Waals surface area contributed by atoms with Crippen molar-refractivity contribution in [1.29, 1.82) is 0 Å². The molecule has 1 rings (SSSR count). The third-order valence-corrected chi connectivity index (χ3v) is 5.44. The van der Waals surface area contributed by atoms with Crippen LogP contribution in [-0.2, 0) is 4.79 Å². The van der Waals surface area contributed by atoms with Gasteiger partial charge in [-0.05, 0) is 30.8 Å². The van der Waals surface area contributed by atoms with E-state index >= 15 is 0 Å². The van der Waals surface area contributed by atoms with Gasteiger partial charge < -0.3 is 20.7 Å². The summed E-state index contributed by atoms with van der Waals surface area (Å²) in [4.78, 5) is 23.0. The molecule has 0 heterocycles. The Morgan fingerprint density at radius 1 is 1.16 bits per heavy atom. The normalized spacial score (nSPS) is 12.0. The van der Waals surface area contributed by atoms with Gasteiger partial charge in [-0.25, -0.2) is 0 Å². The summed E-state index contributed by atoms with van der Waals surface area (Å²) in [6.07, 6.45) is 6.69.